The highest BCUT2D eigenvalue weighted by Crippen LogP contribution is 2.66. The standard InChI is InChI=1S/C27H41N3O3.ClH/c1-17(29-33-25(32)30-14-4-5-19(30)16-28)22-8-9-23-21-7-6-18-15-20(31)10-12-26(18,2)24(21)11-13-27(22,23)3;/h15,19,21-24H,4-14,16,28H2,1-3H3;1H/b29-17+;/t19-,21-,22+,23-,24-,26-,27+;/m0./s1. The van der Waals surface area contributed by atoms with E-state index in [2.05, 4.69) is 25.9 Å². The molecular weight excluding hydrogens is 450 g/mol. The summed E-state index contributed by atoms with van der Waals surface area (Å²) in [6.07, 6.45) is 12.4. The van der Waals surface area contributed by atoms with Crippen LogP contribution in [0.25, 0.3) is 0 Å². The fourth-order valence-electron chi connectivity index (χ4n) is 8.79. The van der Waals surface area contributed by atoms with E-state index in [1.54, 1.807) is 4.90 Å². The number of nitrogens with two attached hydrogens (primary N) is 1. The zero-order valence-corrected chi connectivity index (χ0v) is 21.9. The van der Waals surface area contributed by atoms with Crippen LogP contribution in [-0.2, 0) is 9.63 Å². The van der Waals surface area contributed by atoms with Crippen LogP contribution >= 0.6 is 12.4 Å². The zero-order chi connectivity index (χ0) is 23.4. The molecular formula is C27H42ClN3O3. The van der Waals surface area contributed by atoms with Gasteiger partial charge in [0.25, 0.3) is 0 Å². The van der Waals surface area contributed by atoms with E-state index in [9.17, 15) is 9.59 Å². The van der Waals surface area contributed by atoms with Gasteiger partial charge >= 0.3 is 6.09 Å². The SMILES string of the molecule is C/C(=N\OC(=O)N1CCC[C@H]1CN)[C@H]1CC[C@H]2[C@@H]3CCC4=CC(=O)CC[C@]4(C)[C@H]3CC[C@]12C.Cl. The van der Waals surface area contributed by atoms with Gasteiger partial charge in [-0.1, -0.05) is 24.6 Å². The van der Waals surface area contributed by atoms with Gasteiger partial charge in [-0.15, -0.1) is 12.4 Å². The van der Waals surface area contributed by atoms with Crippen molar-refractivity contribution >= 4 is 30.0 Å². The minimum atomic E-state index is -0.350. The average Bonchev–Trinajstić information content (AvgIpc) is 3.41. The van der Waals surface area contributed by atoms with Gasteiger partial charge in [-0.3, -0.25) is 9.63 Å². The lowest BCUT2D eigenvalue weighted by Gasteiger charge is -2.58. The highest BCUT2D eigenvalue weighted by molar-refractivity contribution is 5.91. The number of carbonyl (C=O) groups excluding carboxylic acids is 2. The average molecular weight is 492 g/mol. The van der Waals surface area contributed by atoms with Crippen LogP contribution in [0.4, 0.5) is 4.79 Å². The largest absolute Gasteiger partial charge is 0.436 e. The molecule has 1 amide bonds. The Morgan fingerprint density at radius 3 is 2.71 bits per heavy atom. The predicted molar refractivity (Wildman–Crippen MR) is 136 cm³/mol. The van der Waals surface area contributed by atoms with E-state index < -0.39 is 0 Å². The van der Waals surface area contributed by atoms with Gasteiger partial charge in [-0.25, -0.2) is 4.79 Å². The van der Waals surface area contributed by atoms with Gasteiger partial charge in [-0.2, -0.15) is 0 Å². The second kappa shape index (κ2) is 9.57. The van der Waals surface area contributed by atoms with E-state index in [4.69, 9.17) is 10.6 Å². The van der Waals surface area contributed by atoms with Gasteiger partial charge in [0.2, 0.25) is 0 Å². The van der Waals surface area contributed by atoms with E-state index >= 15 is 0 Å². The Morgan fingerprint density at radius 1 is 1.15 bits per heavy atom. The molecule has 1 heterocycles. The van der Waals surface area contributed by atoms with Crippen LogP contribution in [0.1, 0.15) is 85.0 Å². The molecule has 0 radical (unpaired) electrons. The Hall–Kier alpha value is -1.40. The molecule has 0 unspecified atom stereocenters. The normalized spacial score (nSPS) is 41.7. The highest BCUT2D eigenvalue weighted by Gasteiger charge is 2.59. The van der Waals surface area contributed by atoms with Crippen LogP contribution in [0.15, 0.2) is 16.8 Å². The molecule has 7 atom stereocenters. The number of ketones is 1. The summed E-state index contributed by atoms with van der Waals surface area (Å²) >= 11 is 0. The number of halogens is 1. The molecule has 4 fully saturated rings. The highest BCUT2D eigenvalue weighted by atomic mass is 35.5. The number of likely N-dealkylation sites (tertiary alicyclic amines) is 1. The van der Waals surface area contributed by atoms with Crippen LogP contribution in [0.2, 0.25) is 0 Å². The third kappa shape index (κ3) is 4.03. The third-order valence-corrected chi connectivity index (χ3v) is 10.6. The van der Waals surface area contributed by atoms with Crippen molar-refractivity contribution in [3.63, 3.8) is 0 Å². The summed E-state index contributed by atoms with van der Waals surface area (Å²) in [5.74, 6) is 2.82. The summed E-state index contributed by atoms with van der Waals surface area (Å²) in [7, 11) is 0. The lowest BCUT2D eigenvalue weighted by atomic mass is 9.46. The number of allylic oxidation sites excluding steroid dienone is 1. The fraction of sp³-hybridized carbons (Fsp3) is 0.815. The number of nitrogens with zero attached hydrogens (tertiary/aromatic N) is 2. The van der Waals surface area contributed by atoms with Crippen molar-refractivity contribution in [2.45, 2.75) is 91.0 Å². The van der Waals surface area contributed by atoms with Gasteiger partial charge in [0.15, 0.2) is 5.78 Å². The van der Waals surface area contributed by atoms with Crippen molar-refractivity contribution in [3.05, 3.63) is 11.6 Å². The number of amides is 1. The summed E-state index contributed by atoms with van der Waals surface area (Å²) < 4.78 is 0. The molecule has 6 nitrogen and oxygen atoms in total. The summed E-state index contributed by atoms with van der Waals surface area (Å²) in [6.45, 7) is 8.15. The molecule has 7 heteroatoms. The molecule has 0 aromatic heterocycles. The molecule has 5 aliphatic rings. The lowest BCUT2D eigenvalue weighted by Crippen LogP contribution is -2.51. The zero-order valence-electron chi connectivity index (χ0n) is 21.1. The second-order valence-corrected chi connectivity index (χ2v) is 12.0. The molecule has 0 spiro atoms. The first-order chi connectivity index (χ1) is 15.8. The Morgan fingerprint density at radius 2 is 1.94 bits per heavy atom. The number of carbonyl (C=O) groups is 2. The third-order valence-electron chi connectivity index (χ3n) is 10.6. The van der Waals surface area contributed by atoms with Crippen LogP contribution < -0.4 is 5.73 Å². The number of hydrogen-bond donors (Lipinski definition) is 1. The Balaban J connectivity index is 0.00000274. The lowest BCUT2D eigenvalue weighted by molar-refractivity contribution is -0.117. The van der Waals surface area contributed by atoms with Crippen molar-refractivity contribution in [1.82, 2.24) is 4.90 Å². The van der Waals surface area contributed by atoms with Crippen LogP contribution in [0, 0.1) is 34.5 Å². The molecule has 1 aliphatic heterocycles. The maximum atomic E-state index is 12.6. The fourth-order valence-corrected chi connectivity index (χ4v) is 8.79. The summed E-state index contributed by atoms with van der Waals surface area (Å²) in [5.41, 5.74) is 8.65. The van der Waals surface area contributed by atoms with Crippen molar-refractivity contribution in [2.75, 3.05) is 13.1 Å². The van der Waals surface area contributed by atoms with Gasteiger partial charge in [0.1, 0.15) is 0 Å². The minimum absolute atomic E-state index is 0. The van der Waals surface area contributed by atoms with Gasteiger partial charge in [-0.05, 0) is 99.4 Å². The number of fused-ring (bicyclic) bond motifs is 5. The first-order valence-electron chi connectivity index (χ1n) is 13.2. The maximum Gasteiger partial charge on any atom is 0.436 e. The molecule has 34 heavy (non-hydrogen) atoms. The van der Waals surface area contributed by atoms with Crippen LogP contribution in [-0.4, -0.2) is 41.6 Å². The minimum Gasteiger partial charge on any atom is -0.328 e. The Labute approximate surface area is 210 Å². The van der Waals surface area contributed by atoms with Crippen molar-refractivity contribution in [3.8, 4) is 0 Å². The van der Waals surface area contributed by atoms with Crippen molar-refractivity contribution in [1.29, 1.82) is 0 Å². The summed E-state index contributed by atoms with van der Waals surface area (Å²) in [6, 6.07) is 0.0818. The van der Waals surface area contributed by atoms with E-state index in [1.165, 1.54) is 31.3 Å². The number of hydrogen-bond acceptors (Lipinski definition) is 5. The van der Waals surface area contributed by atoms with E-state index in [0.717, 1.165) is 43.7 Å². The number of oxime groups is 1. The van der Waals surface area contributed by atoms with Gasteiger partial charge < -0.3 is 10.6 Å². The van der Waals surface area contributed by atoms with Crippen molar-refractivity contribution < 1.29 is 14.4 Å². The Kier molecular flexibility index (Phi) is 7.23. The first kappa shape index (κ1) is 25.7. The first-order valence-corrected chi connectivity index (χ1v) is 13.2. The Bertz CT molecular complexity index is 888. The quantitative estimate of drug-likeness (QED) is 0.321. The van der Waals surface area contributed by atoms with Gasteiger partial charge in [0, 0.05) is 31.5 Å². The van der Waals surface area contributed by atoms with Crippen LogP contribution in [0.5, 0.6) is 0 Å². The molecule has 1 saturated heterocycles. The molecule has 4 aliphatic carbocycles. The van der Waals surface area contributed by atoms with E-state index in [-0.39, 0.29) is 35.4 Å². The predicted octanol–water partition coefficient (Wildman–Crippen LogP) is 5.49. The second-order valence-electron chi connectivity index (χ2n) is 12.0. The van der Waals surface area contributed by atoms with E-state index in [1.807, 2.05) is 6.08 Å². The van der Waals surface area contributed by atoms with Crippen molar-refractivity contribution in [2.24, 2.45) is 45.4 Å². The monoisotopic (exact) mass is 491 g/mol. The molecule has 5 rings (SSSR count). The molecule has 0 aromatic rings. The van der Waals surface area contributed by atoms with E-state index in [0.29, 0.717) is 43.0 Å². The molecule has 3 saturated carbocycles. The molecule has 0 aromatic carbocycles. The molecule has 0 bridgehead atoms. The summed E-state index contributed by atoms with van der Waals surface area (Å²) in [4.78, 5) is 31.8. The smallest absolute Gasteiger partial charge is 0.328 e. The summed E-state index contributed by atoms with van der Waals surface area (Å²) in [5, 5.41) is 4.39. The van der Waals surface area contributed by atoms with Gasteiger partial charge in [0.05, 0.1) is 5.71 Å². The number of rotatable bonds is 3. The topological polar surface area (TPSA) is 85.0 Å². The molecule has 2 N–H and O–H groups in total. The molecule has 190 valence electrons. The van der Waals surface area contributed by atoms with Crippen LogP contribution in [0.3, 0.4) is 0 Å². The maximum absolute atomic E-state index is 12.6.